The predicted octanol–water partition coefficient (Wildman–Crippen LogP) is 6.52. The van der Waals surface area contributed by atoms with Crippen molar-refractivity contribution in [2.24, 2.45) is 0 Å². The normalized spacial score (nSPS) is 10.8. The van der Waals surface area contributed by atoms with E-state index in [1.165, 1.54) is 23.5 Å². The first-order valence-electron chi connectivity index (χ1n) is 9.85. The van der Waals surface area contributed by atoms with Crippen molar-refractivity contribution in [3.05, 3.63) is 100 Å². The highest BCUT2D eigenvalue weighted by Crippen LogP contribution is 2.28. The quantitative estimate of drug-likeness (QED) is 0.187. The van der Waals surface area contributed by atoms with Gasteiger partial charge in [0.15, 0.2) is 21.9 Å². The molecule has 0 radical (unpaired) electrons. The van der Waals surface area contributed by atoms with Gasteiger partial charge in [0.25, 0.3) is 0 Å². The number of ketones is 2. The molecule has 5 nitrogen and oxygen atoms in total. The zero-order valence-electron chi connectivity index (χ0n) is 17.2. The summed E-state index contributed by atoms with van der Waals surface area (Å²) in [5.41, 5.74) is 2.02. The molecule has 33 heavy (non-hydrogen) atoms. The Balaban J connectivity index is 1.51. The number of hydrogen-bond donors (Lipinski definition) is 0. The first-order valence-corrected chi connectivity index (χ1v) is 12.6. The van der Waals surface area contributed by atoms with Crippen LogP contribution in [0.3, 0.4) is 0 Å². The second kappa shape index (κ2) is 11.0. The number of nitrogens with zero attached hydrogens (tertiary/aromatic N) is 3. The summed E-state index contributed by atoms with van der Waals surface area (Å²) in [6.07, 6.45) is 0. The average molecular weight is 514 g/mol. The highest BCUT2D eigenvalue weighted by Gasteiger charge is 2.18. The largest absolute Gasteiger partial charge is 0.293 e. The molecule has 0 spiro atoms. The molecule has 1 aromatic heterocycles. The van der Waals surface area contributed by atoms with Gasteiger partial charge in [-0.2, -0.15) is 0 Å². The summed E-state index contributed by atoms with van der Waals surface area (Å²) in [5, 5.41) is 10.9. The van der Waals surface area contributed by atoms with Crippen molar-refractivity contribution in [3.63, 3.8) is 0 Å². The van der Waals surface area contributed by atoms with Gasteiger partial charge in [0.05, 0.1) is 17.2 Å². The molecule has 3 aromatic carbocycles. The molecule has 1 heterocycles. The number of benzene rings is 3. The molecule has 0 amide bonds. The van der Waals surface area contributed by atoms with E-state index in [0.29, 0.717) is 31.5 Å². The lowest BCUT2D eigenvalue weighted by Crippen LogP contribution is -2.06. The number of thioether (sulfide) groups is 2. The number of Topliss-reactive ketones (excluding diaryl/α,β-unsaturated/α-hetero) is 2. The maximum absolute atomic E-state index is 12.6. The first-order chi connectivity index (χ1) is 16.0. The zero-order valence-corrected chi connectivity index (χ0v) is 20.3. The molecule has 0 aliphatic heterocycles. The van der Waals surface area contributed by atoms with Gasteiger partial charge in [-0.3, -0.25) is 14.2 Å². The molecular weight excluding hydrogens is 497 g/mol. The van der Waals surface area contributed by atoms with E-state index in [1.54, 1.807) is 48.5 Å². The van der Waals surface area contributed by atoms with Crippen LogP contribution in [0.5, 0.6) is 0 Å². The Kier molecular flexibility index (Phi) is 7.88. The molecule has 0 saturated heterocycles. The van der Waals surface area contributed by atoms with Gasteiger partial charge in [0, 0.05) is 21.2 Å². The molecule has 0 aliphatic rings. The van der Waals surface area contributed by atoms with Crippen molar-refractivity contribution < 1.29 is 9.59 Å². The number of rotatable bonds is 9. The van der Waals surface area contributed by atoms with Crippen LogP contribution in [0.4, 0.5) is 0 Å². The number of halogens is 2. The van der Waals surface area contributed by atoms with Crippen molar-refractivity contribution in [1.82, 2.24) is 14.8 Å². The summed E-state index contributed by atoms with van der Waals surface area (Å²) in [6, 6.07) is 23.2. The highest BCUT2D eigenvalue weighted by molar-refractivity contribution is 8.00. The van der Waals surface area contributed by atoms with Crippen LogP contribution in [0.1, 0.15) is 20.7 Å². The average Bonchev–Trinajstić information content (AvgIpc) is 3.25. The van der Waals surface area contributed by atoms with Gasteiger partial charge in [-0.1, -0.05) is 64.9 Å². The van der Waals surface area contributed by atoms with Crippen LogP contribution in [0.2, 0.25) is 10.0 Å². The Bertz CT molecular complexity index is 1180. The van der Waals surface area contributed by atoms with Gasteiger partial charge in [0.2, 0.25) is 0 Å². The highest BCUT2D eigenvalue weighted by atomic mass is 35.5. The van der Waals surface area contributed by atoms with E-state index < -0.39 is 0 Å². The summed E-state index contributed by atoms with van der Waals surface area (Å²) in [4.78, 5) is 25.2. The van der Waals surface area contributed by atoms with Gasteiger partial charge >= 0.3 is 0 Å². The Morgan fingerprint density at radius 3 is 1.52 bits per heavy atom. The molecule has 0 unspecified atom stereocenters. The van der Waals surface area contributed by atoms with Gasteiger partial charge in [0.1, 0.15) is 0 Å². The van der Waals surface area contributed by atoms with Gasteiger partial charge in [-0.25, -0.2) is 0 Å². The summed E-state index contributed by atoms with van der Waals surface area (Å²) in [7, 11) is 0. The summed E-state index contributed by atoms with van der Waals surface area (Å²) in [5.74, 6) is 0.319. The van der Waals surface area contributed by atoms with E-state index in [-0.39, 0.29) is 23.1 Å². The van der Waals surface area contributed by atoms with Crippen LogP contribution in [0.25, 0.3) is 5.69 Å². The van der Waals surface area contributed by atoms with E-state index in [4.69, 9.17) is 23.2 Å². The summed E-state index contributed by atoms with van der Waals surface area (Å²) in [6.45, 7) is 0. The molecule has 0 saturated carbocycles. The van der Waals surface area contributed by atoms with E-state index >= 15 is 0 Å². The van der Waals surface area contributed by atoms with Crippen molar-refractivity contribution in [2.75, 3.05) is 11.5 Å². The van der Waals surface area contributed by atoms with Gasteiger partial charge in [-0.15, -0.1) is 10.2 Å². The maximum Gasteiger partial charge on any atom is 0.196 e. The van der Waals surface area contributed by atoms with E-state index in [1.807, 2.05) is 34.9 Å². The van der Waals surface area contributed by atoms with Crippen LogP contribution in [0, 0.1) is 0 Å². The fraction of sp³-hybridized carbons (Fsp3) is 0.0833. The molecule has 0 fully saturated rings. The van der Waals surface area contributed by atoms with Crippen molar-refractivity contribution in [1.29, 1.82) is 0 Å². The summed E-state index contributed by atoms with van der Waals surface area (Å²) >= 11 is 14.4. The molecule has 4 rings (SSSR count). The van der Waals surface area contributed by atoms with Crippen molar-refractivity contribution in [3.8, 4) is 5.69 Å². The fourth-order valence-corrected chi connectivity index (χ4v) is 4.94. The van der Waals surface area contributed by atoms with Crippen LogP contribution >= 0.6 is 46.7 Å². The Morgan fingerprint density at radius 1 is 0.667 bits per heavy atom. The van der Waals surface area contributed by atoms with Gasteiger partial charge < -0.3 is 0 Å². The Labute approximate surface area is 209 Å². The number of carbonyl (C=O) groups is 2. The molecular formula is C24H17Cl2N3O2S2. The molecule has 0 atom stereocenters. The molecule has 9 heteroatoms. The Hall–Kier alpha value is -2.58. The number of hydrogen-bond acceptors (Lipinski definition) is 6. The van der Waals surface area contributed by atoms with Crippen LogP contribution < -0.4 is 0 Å². The third kappa shape index (κ3) is 6.06. The Morgan fingerprint density at radius 2 is 1.09 bits per heavy atom. The third-order valence-electron chi connectivity index (χ3n) is 4.62. The first kappa shape index (κ1) is 23.6. The second-order valence-electron chi connectivity index (χ2n) is 6.87. The lowest BCUT2D eigenvalue weighted by molar-refractivity contribution is 0.101. The van der Waals surface area contributed by atoms with Crippen LogP contribution in [-0.4, -0.2) is 37.8 Å². The predicted molar refractivity (Wildman–Crippen MR) is 134 cm³/mol. The maximum atomic E-state index is 12.6. The standard InChI is InChI=1S/C24H17Cl2N3O2S2/c25-18-10-6-16(7-11-18)21(30)14-32-23-27-28-24(29(23)20-4-2-1-3-5-20)33-15-22(31)17-8-12-19(26)13-9-17/h1-13H,14-15H2. The van der Waals surface area contributed by atoms with Crippen molar-refractivity contribution >= 4 is 58.3 Å². The summed E-state index contributed by atoms with van der Waals surface area (Å²) < 4.78 is 1.86. The topological polar surface area (TPSA) is 64.8 Å². The van der Waals surface area contributed by atoms with Gasteiger partial charge in [-0.05, 0) is 60.7 Å². The minimum absolute atomic E-state index is 0.0357. The molecule has 166 valence electrons. The SMILES string of the molecule is O=C(CSc1nnc(SCC(=O)c2ccc(Cl)cc2)n1-c1ccccc1)c1ccc(Cl)cc1. The molecule has 0 bridgehead atoms. The molecule has 0 N–H and O–H groups in total. The van der Waals surface area contributed by atoms with Crippen molar-refractivity contribution in [2.45, 2.75) is 10.3 Å². The number of carbonyl (C=O) groups excluding carboxylic acids is 2. The minimum Gasteiger partial charge on any atom is -0.293 e. The van der Waals surface area contributed by atoms with Crippen LogP contribution in [0.15, 0.2) is 89.2 Å². The number of para-hydroxylation sites is 1. The molecule has 4 aromatic rings. The lowest BCUT2D eigenvalue weighted by atomic mass is 10.1. The fourth-order valence-electron chi connectivity index (χ4n) is 2.94. The second-order valence-corrected chi connectivity index (χ2v) is 9.63. The molecule has 0 aliphatic carbocycles. The minimum atomic E-state index is -0.0357. The van der Waals surface area contributed by atoms with E-state index in [2.05, 4.69) is 10.2 Å². The number of aromatic nitrogens is 3. The third-order valence-corrected chi connectivity index (χ3v) is 6.98. The van der Waals surface area contributed by atoms with E-state index in [0.717, 1.165) is 5.69 Å². The van der Waals surface area contributed by atoms with Crippen LogP contribution in [-0.2, 0) is 0 Å². The smallest absolute Gasteiger partial charge is 0.196 e. The lowest BCUT2D eigenvalue weighted by Gasteiger charge is -2.09. The zero-order chi connectivity index (χ0) is 23.2. The monoisotopic (exact) mass is 513 g/mol. The van der Waals surface area contributed by atoms with E-state index in [9.17, 15) is 9.59 Å².